The maximum atomic E-state index is 12.3. The molecule has 60 heavy (non-hydrogen) atoms. The molecule has 0 spiro atoms. The number of hydrogen-bond donors (Lipinski definition) is 2. The van der Waals surface area contributed by atoms with Crippen LogP contribution in [0, 0.1) is 0 Å². The number of aliphatic carboxylic acids is 1. The minimum absolute atomic E-state index is 0.111. The molecule has 0 unspecified atom stereocenters. The lowest BCUT2D eigenvalue weighted by Gasteiger charge is -2.46. The van der Waals surface area contributed by atoms with E-state index in [0.29, 0.717) is 18.7 Å². The third-order valence-electron chi connectivity index (χ3n) is 9.91. The first kappa shape index (κ1) is 44.1. The molecule has 1 aromatic heterocycles. The Hall–Kier alpha value is -5.48. The number of ether oxygens (including phenoxy) is 7. The van der Waals surface area contributed by atoms with Crippen molar-refractivity contribution in [2.75, 3.05) is 13.2 Å². The zero-order valence-corrected chi connectivity index (χ0v) is 34.0. The van der Waals surface area contributed by atoms with E-state index in [4.69, 9.17) is 33.2 Å². The summed E-state index contributed by atoms with van der Waals surface area (Å²) < 4.78 is 46.2. The van der Waals surface area contributed by atoms with Gasteiger partial charge in [0, 0.05) is 0 Å². The first-order chi connectivity index (χ1) is 29.4. The summed E-state index contributed by atoms with van der Waals surface area (Å²) in [5, 5.41) is 21.1. The van der Waals surface area contributed by atoms with Crippen molar-refractivity contribution in [3.63, 3.8) is 0 Å². The minimum Gasteiger partial charge on any atom is -0.480 e. The molecule has 0 aliphatic carbocycles. The van der Waals surface area contributed by atoms with E-state index in [9.17, 15) is 14.7 Å². The van der Waals surface area contributed by atoms with Crippen molar-refractivity contribution in [2.24, 2.45) is 0 Å². The molecule has 4 aromatic carbocycles. The number of aromatic nitrogens is 3. The first-order valence-electron chi connectivity index (χ1n) is 20.3. The summed E-state index contributed by atoms with van der Waals surface area (Å²) in [6.07, 6.45) is -2.24. The van der Waals surface area contributed by atoms with E-state index in [1.165, 1.54) is 0 Å². The number of rotatable bonds is 23. The Morgan fingerprint density at radius 3 is 1.78 bits per heavy atom. The third-order valence-corrected chi connectivity index (χ3v) is 9.91. The highest BCUT2D eigenvalue weighted by molar-refractivity contribution is 5.80. The van der Waals surface area contributed by atoms with Crippen molar-refractivity contribution in [3.05, 3.63) is 155 Å². The minimum atomic E-state index is -1.36. The fraction of sp³-hybridized carbons (Fsp3) is 0.391. The predicted molar refractivity (Wildman–Crippen MR) is 220 cm³/mol. The molecule has 5 aromatic rings. The van der Waals surface area contributed by atoms with Gasteiger partial charge in [0.1, 0.15) is 30.1 Å². The van der Waals surface area contributed by atoms with Crippen LogP contribution in [0.2, 0.25) is 0 Å². The van der Waals surface area contributed by atoms with Crippen LogP contribution in [-0.2, 0) is 71.0 Å². The van der Waals surface area contributed by atoms with E-state index in [1.54, 1.807) is 17.8 Å². The quantitative estimate of drug-likeness (QED) is 0.0648. The molecule has 1 aliphatic rings. The summed E-state index contributed by atoms with van der Waals surface area (Å²) in [5.41, 5.74) is 4.31. The average molecular weight is 823 g/mol. The summed E-state index contributed by atoms with van der Waals surface area (Å²) >= 11 is 0. The number of carbonyl (C=O) groups excluding carboxylic acids is 1. The fourth-order valence-electron chi connectivity index (χ4n) is 6.65. The number of alkyl carbamates (subject to hydrolysis) is 1. The van der Waals surface area contributed by atoms with E-state index in [0.717, 1.165) is 28.7 Å². The number of carboxylic acids is 1. The van der Waals surface area contributed by atoms with Gasteiger partial charge in [0.15, 0.2) is 12.3 Å². The molecule has 2 heterocycles. The Morgan fingerprint density at radius 1 is 0.733 bits per heavy atom. The Kier molecular flexibility index (Phi) is 17.2. The van der Waals surface area contributed by atoms with Gasteiger partial charge in [-0.25, -0.2) is 14.3 Å². The molecule has 14 heteroatoms. The lowest BCUT2D eigenvalue weighted by Crippen LogP contribution is -2.59. The van der Waals surface area contributed by atoms with Crippen LogP contribution in [-0.4, -0.2) is 81.9 Å². The van der Waals surface area contributed by atoms with E-state index >= 15 is 0 Å². The normalized spacial score (nSPS) is 19.9. The largest absolute Gasteiger partial charge is 0.480 e. The SMILES string of the molecule is CCCCOC(=O)N[C@H](C(=O)O)[C@H](C)OCc1cn([C@@H]2O[C@H](COCc3ccccc3)[C@@H](OCc3ccccc3)[C@H](OCc3ccccc3)[C@H]2OCc2ccccc2)nn1. The number of benzene rings is 4. The third kappa shape index (κ3) is 13.3. The van der Waals surface area contributed by atoms with Gasteiger partial charge in [0.25, 0.3) is 0 Å². The van der Waals surface area contributed by atoms with Gasteiger partial charge in [0.05, 0.1) is 58.5 Å². The molecular weight excluding hydrogens is 769 g/mol. The molecule has 1 aliphatic heterocycles. The van der Waals surface area contributed by atoms with Gasteiger partial charge in [-0.15, -0.1) is 5.10 Å². The Labute approximate surface area is 350 Å². The van der Waals surface area contributed by atoms with E-state index in [2.05, 4.69) is 15.6 Å². The highest BCUT2D eigenvalue weighted by atomic mass is 16.6. The highest BCUT2D eigenvalue weighted by Crippen LogP contribution is 2.36. The first-order valence-corrected chi connectivity index (χ1v) is 20.3. The topological polar surface area (TPSA) is 162 Å². The number of nitrogens with zero attached hydrogens (tertiary/aromatic N) is 3. The molecule has 1 amide bonds. The van der Waals surface area contributed by atoms with Crippen LogP contribution < -0.4 is 5.32 Å². The lowest BCUT2D eigenvalue weighted by molar-refractivity contribution is -0.292. The Bertz CT molecular complexity index is 1990. The van der Waals surface area contributed by atoms with Crippen LogP contribution in [0.15, 0.2) is 128 Å². The van der Waals surface area contributed by atoms with Gasteiger partial charge in [0.2, 0.25) is 0 Å². The highest BCUT2D eigenvalue weighted by Gasteiger charge is 2.50. The second-order valence-corrected chi connectivity index (χ2v) is 14.5. The molecule has 1 saturated heterocycles. The summed E-state index contributed by atoms with van der Waals surface area (Å²) in [5.74, 6) is -1.27. The Morgan fingerprint density at radius 2 is 1.25 bits per heavy atom. The van der Waals surface area contributed by atoms with E-state index in [-0.39, 0.29) is 39.6 Å². The number of unbranched alkanes of at least 4 members (excludes halogenated alkanes) is 1. The molecule has 318 valence electrons. The summed E-state index contributed by atoms with van der Waals surface area (Å²) in [7, 11) is 0. The molecule has 0 saturated carbocycles. The lowest BCUT2D eigenvalue weighted by atomic mass is 9.97. The standard InChI is InChI=1S/C46H54N4O10/c1-3-4-25-55-46(53)47-40(45(51)52)33(2)56-31-38-26-50(49-48-38)44-43(59-30-37-23-15-8-16-24-37)42(58-29-36-21-13-7-14-22-36)41(57-28-35-19-11-6-12-20-35)39(60-44)32-54-27-34-17-9-5-10-18-34/h5-24,26,33,39-44H,3-4,25,27-32H2,1-2H3,(H,47,53)(H,51,52)/t33-,39+,40-,41+,42-,43+,44+/m0/s1. The molecule has 6 rings (SSSR count). The summed E-state index contributed by atoms with van der Waals surface area (Å²) in [4.78, 5) is 24.4. The van der Waals surface area contributed by atoms with Gasteiger partial charge >= 0.3 is 12.1 Å². The van der Waals surface area contributed by atoms with Gasteiger partial charge in [-0.05, 0) is 35.6 Å². The number of carboxylic acid groups (broad SMARTS) is 1. The van der Waals surface area contributed by atoms with Crippen molar-refractivity contribution < 1.29 is 47.9 Å². The second-order valence-electron chi connectivity index (χ2n) is 14.5. The van der Waals surface area contributed by atoms with Crippen LogP contribution in [0.1, 0.15) is 60.9 Å². The fourth-order valence-corrected chi connectivity index (χ4v) is 6.65. The van der Waals surface area contributed by atoms with Crippen LogP contribution in [0.4, 0.5) is 4.79 Å². The second kappa shape index (κ2) is 23.3. The zero-order chi connectivity index (χ0) is 41.9. The van der Waals surface area contributed by atoms with Crippen molar-refractivity contribution in [3.8, 4) is 0 Å². The Balaban J connectivity index is 1.28. The molecule has 0 radical (unpaired) electrons. The van der Waals surface area contributed by atoms with Crippen LogP contribution in [0.5, 0.6) is 0 Å². The van der Waals surface area contributed by atoms with Gasteiger partial charge in [-0.2, -0.15) is 0 Å². The van der Waals surface area contributed by atoms with Gasteiger partial charge in [-0.3, -0.25) is 0 Å². The molecular formula is C46H54N4O10. The number of hydrogen-bond acceptors (Lipinski definition) is 11. The van der Waals surface area contributed by atoms with Crippen molar-refractivity contribution in [1.29, 1.82) is 0 Å². The van der Waals surface area contributed by atoms with Crippen molar-refractivity contribution in [2.45, 2.75) is 103 Å². The predicted octanol–water partition coefficient (Wildman–Crippen LogP) is 7.03. The monoisotopic (exact) mass is 822 g/mol. The van der Waals surface area contributed by atoms with Crippen LogP contribution >= 0.6 is 0 Å². The van der Waals surface area contributed by atoms with Crippen LogP contribution in [0.25, 0.3) is 0 Å². The summed E-state index contributed by atoms with van der Waals surface area (Å²) in [6, 6.07) is 38.1. The van der Waals surface area contributed by atoms with Gasteiger partial charge < -0.3 is 43.6 Å². The maximum Gasteiger partial charge on any atom is 0.407 e. The van der Waals surface area contributed by atoms with Gasteiger partial charge in [-0.1, -0.05) is 140 Å². The van der Waals surface area contributed by atoms with E-state index < -0.39 is 54.9 Å². The van der Waals surface area contributed by atoms with Crippen molar-refractivity contribution in [1.82, 2.24) is 20.3 Å². The average Bonchev–Trinajstić information content (AvgIpc) is 3.76. The zero-order valence-electron chi connectivity index (χ0n) is 34.0. The van der Waals surface area contributed by atoms with E-state index in [1.807, 2.05) is 128 Å². The van der Waals surface area contributed by atoms with Crippen LogP contribution in [0.3, 0.4) is 0 Å². The molecule has 2 N–H and O–H groups in total. The summed E-state index contributed by atoms with van der Waals surface area (Å²) in [6.45, 7) is 4.90. The number of carbonyl (C=O) groups is 2. The molecule has 0 bridgehead atoms. The number of nitrogens with one attached hydrogen (secondary N) is 1. The molecule has 14 nitrogen and oxygen atoms in total. The molecule has 7 atom stereocenters. The maximum absolute atomic E-state index is 12.3. The number of amides is 1. The van der Waals surface area contributed by atoms with Crippen molar-refractivity contribution >= 4 is 12.1 Å². The molecule has 1 fully saturated rings. The smallest absolute Gasteiger partial charge is 0.407 e.